The summed E-state index contributed by atoms with van der Waals surface area (Å²) >= 11 is 1.25. The van der Waals surface area contributed by atoms with Gasteiger partial charge >= 0.3 is 5.97 Å². The standard InChI is InChI=1S/C25H29FN4O4S/c1-3-34-25(33)21-14-27-28-30(21)13-10-18-15-29(12-11-22(18)35-16(2)31)23(24(32)17-8-9-17)19-6-4-5-7-20(19)26/h4-7,10,14,17,22-23H,3,8-9,11-13,15H2,1-2H3/b18-10-. The number of ether oxygens (including phenoxy) is 1. The normalized spacial score (nSPS) is 20.5. The SMILES string of the molecule is CCOC(=O)c1cnnn1C/C=C1/CN(C(C(=O)C2CC2)c2ccccc2F)CCC1SC(C)=O. The number of carbonyl (C=O) groups excluding carboxylic acids is 3. The van der Waals surface area contributed by atoms with E-state index in [-0.39, 0.29) is 46.7 Å². The van der Waals surface area contributed by atoms with Crippen LogP contribution in [0.15, 0.2) is 42.1 Å². The van der Waals surface area contributed by atoms with Crippen LogP contribution < -0.4 is 0 Å². The number of hydrogen-bond donors (Lipinski definition) is 0. The van der Waals surface area contributed by atoms with Crippen LogP contribution in [0.5, 0.6) is 0 Å². The topological polar surface area (TPSA) is 94.4 Å². The lowest BCUT2D eigenvalue weighted by atomic mass is 9.93. The lowest BCUT2D eigenvalue weighted by molar-refractivity contribution is -0.126. The van der Waals surface area contributed by atoms with Gasteiger partial charge in [-0.25, -0.2) is 13.9 Å². The number of nitrogens with zero attached hydrogens (tertiary/aromatic N) is 4. The maximum Gasteiger partial charge on any atom is 0.358 e. The van der Waals surface area contributed by atoms with Crippen LogP contribution in [0, 0.1) is 11.7 Å². The number of allylic oxidation sites excluding steroid dienone is 1. The zero-order chi connectivity index (χ0) is 24.9. The molecule has 1 aromatic heterocycles. The summed E-state index contributed by atoms with van der Waals surface area (Å²) in [7, 11) is 0. The Bertz CT molecular complexity index is 1130. The van der Waals surface area contributed by atoms with Crippen molar-refractivity contribution in [1.29, 1.82) is 0 Å². The van der Waals surface area contributed by atoms with Crippen molar-refractivity contribution in [3.05, 3.63) is 59.2 Å². The zero-order valence-electron chi connectivity index (χ0n) is 19.9. The van der Waals surface area contributed by atoms with Crippen LogP contribution in [0.1, 0.15) is 55.2 Å². The molecule has 1 aromatic carbocycles. The molecule has 2 atom stereocenters. The van der Waals surface area contributed by atoms with Gasteiger partial charge in [-0.3, -0.25) is 14.5 Å². The molecule has 2 aliphatic rings. The summed E-state index contributed by atoms with van der Waals surface area (Å²) in [5, 5.41) is 7.75. The average Bonchev–Trinajstić information content (AvgIpc) is 3.57. The molecule has 35 heavy (non-hydrogen) atoms. The van der Waals surface area contributed by atoms with E-state index in [1.165, 1.54) is 35.6 Å². The van der Waals surface area contributed by atoms with Crippen molar-refractivity contribution in [2.24, 2.45) is 5.92 Å². The summed E-state index contributed by atoms with van der Waals surface area (Å²) in [5.41, 5.74) is 1.56. The van der Waals surface area contributed by atoms with E-state index in [9.17, 15) is 18.8 Å². The molecule has 0 radical (unpaired) electrons. The molecule has 10 heteroatoms. The van der Waals surface area contributed by atoms with Crippen molar-refractivity contribution in [3.63, 3.8) is 0 Å². The zero-order valence-corrected chi connectivity index (χ0v) is 20.7. The Morgan fingerprint density at radius 2 is 2.03 bits per heavy atom. The molecule has 4 rings (SSSR count). The number of piperidine rings is 1. The van der Waals surface area contributed by atoms with Gasteiger partial charge in [-0.05, 0) is 37.8 Å². The Morgan fingerprint density at radius 3 is 2.71 bits per heavy atom. The lowest BCUT2D eigenvalue weighted by Crippen LogP contribution is -2.43. The van der Waals surface area contributed by atoms with E-state index in [1.54, 1.807) is 25.1 Å². The maximum atomic E-state index is 14.8. The average molecular weight is 501 g/mol. The second-order valence-corrected chi connectivity index (χ2v) is 10.1. The number of halogens is 1. The molecule has 0 N–H and O–H groups in total. The third kappa shape index (κ3) is 6.05. The molecule has 1 aliphatic carbocycles. The predicted octanol–water partition coefficient (Wildman–Crippen LogP) is 3.59. The van der Waals surface area contributed by atoms with Gasteiger partial charge in [-0.1, -0.05) is 41.3 Å². The smallest absolute Gasteiger partial charge is 0.358 e. The molecule has 0 amide bonds. The first kappa shape index (κ1) is 25.2. The number of carbonyl (C=O) groups is 3. The molecule has 8 nitrogen and oxygen atoms in total. The molecule has 2 unspecified atom stereocenters. The highest BCUT2D eigenvalue weighted by molar-refractivity contribution is 8.14. The minimum atomic E-state index is -0.670. The Balaban J connectivity index is 1.61. The van der Waals surface area contributed by atoms with Crippen molar-refractivity contribution < 1.29 is 23.5 Å². The summed E-state index contributed by atoms with van der Waals surface area (Å²) in [6.45, 7) is 4.73. The number of rotatable bonds is 9. The molecule has 2 heterocycles. The van der Waals surface area contributed by atoms with Gasteiger partial charge in [0, 0.05) is 36.7 Å². The van der Waals surface area contributed by atoms with Crippen LogP contribution in [0.4, 0.5) is 4.39 Å². The van der Waals surface area contributed by atoms with E-state index in [0.29, 0.717) is 25.1 Å². The second-order valence-electron chi connectivity index (χ2n) is 8.76. The van der Waals surface area contributed by atoms with Crippen LogP contribution in [0.25, 0.3) is 0 Å². The fraction of sp³-hybridized carbons (Fsp3) is 0.480. The van der Waals surface area contributed by atoms with E-state index < -0.39 is 12.0 Å². The van der Waals surface area contributed by atoms with E-state index >= 15 is 0 Å². The van der Waals surface area contributed by atoms with Gasteiger partial charge in [0.2, 0.25) is 0 Å². The summed E-state index contributed by atoms with van der Waals surface area (Å²) in [6.07, 6.45) is 5.59. The van der Waals surface area contributed by atoms with Gasteiger partial charge in [-0.2, -0.15) is 0 Å². The molecule has 1 saturated carbocycles. The first-order valence-electron chi connectivity index (χ1n) is 11.8. The summed E-state index contributed by atoms with van der Waals surface area (Å²) < 4.78 is 21.3. The van der Waals surface area contributed by atoms with Crippen molar-refractivity contribution in [1.82, 2.24) is 19.9 Å². The van der Waals surface area contributed by atoms with E-state index in [1.807, 2.05) is 11.0 Å². The quantitative estimate of drug-likeness (QED) is 0.381. The Morgan fingerprint density at radius 1 is 1.26 bits per heavy atom. The lowest BCUT2D eigenvalue weighted by Gasteiger charge is -2.38. The monoisotopic (exact) mass is 500 g/mol. The molecule has 2 fully saturated rings. The van der Waals surface area contributed by atoms with Crippen LogP contribution in [0.3, 0.4) is 0 Å². The Labute approximate surface area is 207 Å². The van der Waals surface area contributed by atoms with Crippen LogP contribution in [-0.4, -0.2) is 61.7 Å². The van der Waals surface area contributed by atoms with E-state index in [4.69, 9.17) is 4.74 Å². The predicted molar refractivity (Wildman–Crippen MR) is 129 cm³/mol. The maximum absolute atomic E-state index is 14.8. The first-order chi connectivity index (χ1) is 16.9. The largest absolute Gasteiger partial charge is 0.461 e. The van der Waals surface area contributed by atoms with Crippen molar-refractivity contribution in [2.75, 3.05) is 19.7 Å². The highest BCUT2D eigenvalue weighted by Gasteiger charge is 2.41. The van der Waals surface area contributed by atoms with Crippen molar-refractivity contribution in [3.8, 4) is 0 Å². The third-order valence-electron chi connectivity index (χ3n) is 6.23. The molecule has 186 valence electrons. The van der Waals surface area contributed by atoms with Crippen molar-refractivity contribution in [2.45, 2.75) is 50.9 Å². The fourth-order valence-electron chi connectivity index (χ4n) is 4.41. The Kier molecular flexibility index (Phi) is 8.12. The molecule has 1 aliphatic heterocycles. The number of aromatic nitrogens is 3. The van der Waals surface area contributed by atoms with Crippen LogP contribution in [0.2, 0.25) is 0 Å². The Hall–Kier alpha value is -2.85. The third-order valence-corrected chi connectivity index (χ3v) is 7.38. The number of benzene rings is 1. The van der Waals surface area contributed by atoms with Gasteiger partial charge in [0.05, 0.1) is 25.4 Å². The van der Waals surface area contributed by atoms with E-state index in [0.717, 1.165) is 18.4 Å². The summed E-state index contributed by atoms with van der Waals surface area (Å²) in [5.74, 6) is -0.879. The number of thioether (sulfide) groups is 1. The molecule has 2 aromatic rings. The van der Waals surface area contributed by atoms with Crippen LogP contribution in [-0.2, 0) is 20.9 Å². The fourth-order valence-corrected chi connectivity index (χ4v) is 5.36. The summed E-state index contributed by atoms with van der Waals surface area (Å²) in [4.78, 5) is 39.4. The first-order valence-corrected chi connectivity index (χ1v) is 12.7. The number of hydrogen-bond acceptors (Lipinski definition) is 8. The number of esters is 1. The van der Waals surface area contributed by atoms with Gasteiger partial charge in [-0.15, -0.1) is 5.10 Å². The minimum absolute atomic E-state index is 0.00188. The highest BCUT2D eigenvalue weighted by Crippen LogP contribution is 2.40. The number of ketones is 1. The van der Waals surface area contributed by atoms with Crippen molar-refractivity contribution >= 4 is 28.6 Å². The van der Waals surface area contributed by atoms with Gasteiger partial charge < -0.3 is 4.74 Å². The number of Topliss-reactive ketones (excluding diaryl/α,β-unsaturated/α-hetero) is 1. The molecular formula is C25H29FN4O4S. The molecule has 0 bridgehead atoms. The highest BCUT2D eigenvalue weighted by atomic mass is 32.2. The van der Waals surface area contributed by atoms with Gasteiger partial charge in [0.15, 0.2) is 16.6 Å². The minimum Gasteiger partial charge on any atom is -0.461 e. The van der Waals surface area contributed by atoms with Gasteiger partial charge in [0.25, 0.3) is 0 Å². The number of likely N-dealkylation sites (tertiary alicyclic amines) is 1. The summed E-state index contributed by atoms with van der Waals surface area (Å²) in [6, 6.07) is 5.78. The van der Waals surface area contributed by atoms with Crippen LogP contribution >= 0.6 is 11.8 Å². The molecular weight excluding hydrogens is 471 g/mol. The van der Waals surface area contributed by atoms with Gasteiger partial charge in [0.1, 0.15) is 5.82 Å². The second kappa shape index (κ2) is 11.3. The molecule has 1 saturated heterocycles. The van der Waals surface area contributed by atoms with E-state index in [2.05, 4.69) is 10.3 Å². The molecule has 0 spiro atoms.